The van der Waals surface area contributed by atoms with Crippen LogP contribution in [0.4, 0.5) is 0 Å². The topological polar surface area (TPSA) is 58.4 Å². The molecule has 1 N–H and O–H groups in total. The maximum Gasteiger partial charge on any atom is 0.262 e. The number of rotatable bonds is 4. The normalized spacial score (nSPS) is 11.7. The summed E-state index contributed by atoms with van der Waals surface area (Å²) in [5.74, 6) is 0.706. The maximum atomic E-state index is 12.6. The first-order valence-corrected chi connectivity index (χ1v) is 7.02. The van der Waals surface area contributed by atoms with Gasteiger partial charge >= 0.3 is 0 Å². The fourth-order valence-electron chi connectivity index (χ4n) is 2.10. The number of fused-ring (bicyclic) bond motifs is 1. The van der Waals surface area contributed by atoms with Gasteiger partial charge in [-0.2, -0.15) is 0 Å². The molecule has 0 aromatic carbocycles. The van der Waals surface area contributed by atoms with Crippen molar-refractivity contribution >= 4 is 21.6 Å². The molecule has 0 saturated heterocycles. The second-order valence-electron chi connectivity index (χ2n) is 4.91. The van der Waals surface area contributed by atoms with E-state index in [0.717, 1.165) is 15.3 Å². The average molecular weight is 281 g/mol. The summed E-state index contributed by atoms with van der Waals surface area (Å²) in [5, 5.41) is 9.84. The highest BCUT2D eigenvalue weighted by molar-refractivity contribution is 7.18. The van der Waals surface area contributed by atoms with Gasteiger partial charge in [0, 0.05) is 4.88 Å². The molecule has 0 aliphatic heterocycles. The summed E-state index contributed by atoms with van der Waals surface area (Å²) >= 11 is 1.56. The van der Waals surface area contributed by atoms with Crippen LogP contribution in [0.2, 0.25) is 0 Å². The number of aromatic nitrogens is 2. The van der Waals surface area contributed by atoms with Crippen LogP contribution in [-0.4, -0.2) is 40.3 Å². The third kappa shape index (κ3) is 2.56. The second kappa shape index (κ2) is 5.40. The molecule has 0 aliphatic carbocycles. The number of hydrogen-bond donors (Lipinski definition) is 1. The van der Waals surface area contributed by atoms with E-state index in [9.17, 15) is 4.79 Å². The van der Waals surface area contributed by atoms with Gasteiger partial charge in [0.2, 0.25) is 0 Å². The van der Waals surface area contributed by atoms with Gasteiger partial charge in [0.1, 0.15) is 10.7 Å². The van der Waals surface area contributed by atoms with Gasteiger partial charge in [-0.05, 0) is 33.5 Å². The lowest BCUT2D eigenvalue weighted by Crippen LogP contribution is -2.29. The van der Waals surface area contributed by atoms with Crippen molar-refractivity contribution in [2.45, 2.75) is 26.9 Å². The van der Waals surface area contributed by atoms with E-state index in [0.29, 0.717) is 24.3 Å². The molecule has 2 heterocycles. The Morgan fingerprint density at radius 3 is 2.63 bits per heavy atom. The number of thiophene rings is 1. The monoisotopic (exact) mass is 281 g/mol. The third-order valence-corrected chi connectivity index (χ3v) is 4.25. The van der Waals surface area contributed by atoms with Crippen LogP contribution in [0.15, 0.2) is 4.79 Å². The zero-order valence-electron chi connectivity index (χ0n) is 11.7. The van der Waals surface area contributed by atoms with E-state index in [4.69, 9.17) is 5.11 Å². The van der Waals surface area contributed by atoms with Crippen LogP contribution in [-0.2, 0) is 13.1 Å². The van der Waals surface area contributed by atoms with E-state index in [2.05, 4.69) is 4.98 Å². The Kier molecular flexibility index (Phi) is 4.03. The Labute approximate surface area is 116 Å². The first-order valence-electron chi connectivity index (χ1n) is 6.20. The van der Waals surface area contributed by atoms with E-state index >= 15 is 0 Å². The van der Waals surface area contributed by atoms with E-state index in [-0.39, 0.29) is 12.2 Å². The molecule has 0 radical (unpaired) electrons. The molecule has 0 amide bonds. The average Bonchev–Trinajstić information content (AvgIpc) is 2.59. The van der Waals surface area contributed by atoms with Crippen LogP contribution >= 0.6 is 11.3 Å². The van der Waals surface area contributed by atoms with E-state index in [1.807, 2.05) is 32.8 Å². The van der Waals surface area contributed by atoms with Gasteiger partial charge < -0.3 is 10.0 Å². The fraction of sp³-hybridized carbons (Fsp3) is 0.538. The molecule has 0 aliphatic rings. The predicted octanol–water partition coefficient (Wildman–Crippen LogP) is 1.13. The summed E-state index contributed by atoms with van der Waals surface area (Å²) in [6.45, 7) is 4.77. The molecule has 6 heteroatoms. The smallest absolute Gasteiger partial charge is 0.262 e. The molecule has 2 aromatic heterocycles. The van der Waals surface area contributed by atoms with Gasteiger partial charge in [-0.1, -0.05) is 0 Å². The highest BCUT2D eigenvalue weighted by atomic mass is 32.1. The van der Waals surface area contributed by atoms with Crippen molar-refractivity contribution in [3.8, 4) is 0 Å². The van der Waals surface area contributed by atoms with Crippen molar-refractivity contribution in [3.63, 3.8) is 0 Å². The zero-order valence-corrected chi connectivity index (χ0v) is 12.5. The summed E-state index contributed by atoms with van der Waals surface area (Å²) < 4.78 is 1.58. The summed E-state index contributed by atoms with van der Waals surface area (Å²) in [7, 11) is 3.87. The van der Waals surface area contributed by atoms with Crippen LogP contribution in [0.25, 0.3) is 10.2 Å². The highest BCUT2D eigenvalue weighted by Gasteiger charge is 2.16. The SMILES string of the molecule is Cc1sc2nc(CN(C)C)n(CCO)c(=O)c2c1C. The van der Waals surface area contributed by atoms with Gasteiger partial charge in [-0.3, -0.25) is 9.36 Å². The largest absolute Gasteiger partial charge is 0.395 e. The molecule has 19 heavy (non-hydrogen) atoms. The lowest BCUT2D eigenvalue weighted by molar-refractivity contribution is 0.267. The van der Waals surface area contributed by atoms with Crippen LogP contribution in [0.5, 0.6) is 0 Å². The Hall–Kier alpha value is -1.24. The third-order valence-electron chi connectivity index (χ3n) is 3.15. The van der Waals surface area contributed by atoms with E-state index in [1.54, 1.807) is 15.9 Å². The second-order valence-corrected chi connectivity index (χ2v) is 6.11. The minimum atomic E-state index is -0.0598. The molecule has 104 valence electrons. The van der Waals surface area contributed by atoms with Crippen LogP contribution in [0.1, 0.15) is 16.3 Å². The van der Waals surface area contributed by atoms with Crippen molar-refractivity contribution in [3.05, 3.63) is 26.6 Å². The number of hydrogen-bond acceptors (Lipinski definition) is 5. The Morgan fingerprint density at radius 1 is 1.37 bits per heavy atom. The highest BCUT2D eigenvalue weighted by Crippen LogP contribution is 2.26. The number of nitrogens with zero attached hydrogens (tertiary/aromatic N) is 3. The molecule has 0 spiro atoms. The van der Waals surface area contributed by atoms with Crippen molar-refractivity contribution in [2.75, 3.05) is 20.7 Å². The van der Waals surface area contributed by atoms with Crippen molar-refractivity contribution in [1.29, 1.82) is 0 Å². The Morgan fingerprint density at radius 2 is 2.05 bits per heavy atom. The number of aryl methyl sites for hydroxylation is 2. The Bertz CT molecular complexity index is 658. The fourth-order valence-corrected chi connectivity index (χ4v) is 3.14. The van der Waals surface area contributed by atoms with Crippen molar-refractivity contribution < 1.29 is 5.11 Å². The van der Waals surface area contributed by atoms with E-state index < -0.39 is 0 Å². The van der Waals surface area contributed by atoms with Crippen LogP contribution in [0, 0.1) is 13.8 Å². The molecule has 5 nitrogen and oxygen atoms in total. The zero-order chi connectivity index (χ0) is 14.2. The standard InChI is InChI=1S/C13H19N3O2S/c1-8-9(2)19-12-11(8)13(18)16(5-6-17)10(14-12)7-15(3)4/h17H,5-7H2,1-4H3. The summed E-state index contributed by atoms with van der Waals surface area (Å²) in [4.78, 5) is 21.0. The summed E-state index contributed by atoms with van der Waals surface area (Å²) in [6, 6.07) is 0. The maximum absolute atomic E-state index is 12.6. The molecule has 2 rings (SSSR count). The van der Waals surface area contributed by atoms with Crippen LogP contribution < -0.4 is 5.56 Å². The minimum Gasteiger partial charge on any atom is -0.395 e. The van der Waals surface area contributed by atoms with E-state index in [1.165, 1.54) is 0 Å². The summed E-state index contributed by atoms with van der Waals surface area (Å²) in [5.41, 5.74) is 0.957. The number of aliphatic hydroxyl groups is 1. The molecular formula is C13H19N3O2S. The minimum absolute atomic E-state index is 0.0437. The molecule has 0 saturated carbocycles. The molecule has 0 unspecified atom stereocenters. The van der Waals surface area contributed by atoms with Crippen molar-refractivity contribution in [2.24, 2.45) is 0 Å². The number of aliphatic hydroxyl groups excluding tert-OH is 1. The molecule has 0 atom stereocenters. The lowest BCUT2D eigenvalue weighted by atomic mass is 10.2. The first kappa shape index (κ1) is 14.2. The van der Waals surface area contributed by atoms with Gasteiger partial charge in [-0.15, -0.1) is 11.3 Å². The van der Waals surface area contributed by atoms with Crippen LogP contribution in [0.3, 0.4) is 0 Å². The van der Waals surface area contributed by atoms with Crippen molar-refractivity contribution in [1.82, 2.24) is 14.5 Å². The molecule has 0 bridgehead atoms. The lowest BCUT2D eigenvalue weighted by Gasteiger charge is -2.14. The quantitative estimate of drug-likeness (QED) is 0.912. The summed E-state index contributed by atoms with van der Waals surface area (Å²) in [6.07, 6.45) is 0. The van der Waals surface area contributed by atoms with Gasteiger partial charge in [0.25, 0.3) is 5.56 Å². The van der Waals surface area contributed by atoms with Gasteiger partial charge in [0.05, 0.1) is 25.1 Å². The van der Waals surface area contributed by atoms with Gasteiger partial charge in [0.15, 0.2) is 0 Å². The predicted molar refractivity (Wildman–Crippen MR) is 77.8 cm³/mol. The Balaban J connectivity index is 2.74. The first-order chi connectivity index (χ1) is 8.95. The molecule has 2 aromatic rings. The van der Waals surface area contributed by atoms with Gasteiger partial charge in [-0.25, -0.2) is 4.98 Å². The molecule has 0 fully saturated rings. The molecular weight excluding hydrogens is 262 g/mol.